The van der Waals surface area contributed by atoms with Crippen molar-refractivity contribution in [2.24, 2.45) is 5.73 Å². The maximum absolute atomic E-state index is 6.01. The molecule has 0 aliphatic heterocycles. The summed E-state index contributed by atoms with van der Waals surface area (Å²) in [5.74, 6) is 0.978. The Hall–Kier alpha value is -1.32. The van der Waals surface area contributed by atoms with Crippen LogP contribution < -0.4 is 10.5 Å². The molecular formula is C18H22BrNO. The second-order valence-corrected chi connectivity index (χ2v) is 6.57. The van der Waals surface area contributed by atoms with Gasteiger partial charge in [0.15, 0.2) is 0 Å². The van der Waals surface area contributed by atoms with Crippen LogP contribution in [0.5, 0.6) is 5.75 Å². The van der Waals surface area contributed by atoms with Gasteiger partial charge in [-0.3, -0.25) is 0 Å². The van der Waals surface area contributed by atoms with Crippen LogP contribution in [0, 0.1) is 13.8 Å². The summed E-state index contributed by atoms with van der Waals surface area (Å²) >= 11 is 3.44. The van der Waals surface area contributed by atoms with Gasteiger partial charge in [-0.1, -0.05) is 40.2 Å². The predicted octanol–water partition coefficient (Wildman–Crippen LogP) is 4.53. The van der Waals surface area contributed by atoms with Gasteiger partial charge in [0, 0.05) is 10.5 Å². The topological polar surface area (TPSA) is 35.2 Å². The molecule has 0 amide bonds. The third kappa shape index (κ3) is 4.58. The summed E-state index contributed by atoms with van der Waals surface area (Å²) in [5.41, 5.74) is 10.7. The maximum Gasteiger partial charge on any atom is 0.125 e. The van der Waals surface area contributed by atoms with Crippen molar-refractivity contribution in [3.05, 3.63) is 63.1 Å². The highest BCUT2D eigenvalue weighted by Gasteiger charge is 2.08. The van der Waals surface area contributed by atoms with E-state index in [1.165, 1.54) is 16.7 Å². The molecule has 0 heterocycles. The van der Waals surface area contributed by atoms with Crippen molar-refractivity contribution in [3.8, 4) is 5.75 Å². The Balaban J connectivity index is 2.11. The summed E-state index contributed by atoms with van der Waals surface area (Å²) in [5, 5.41) is 0. The molecule has 0 saturated carbocycles. The number of hydrogen-bond donors (Lipinski definition) is 1. The first-order chi connectivity index (χ1) is 9.95. The van der Waals surface area contributed by atoms with Crippen molar-refractivity contribution < 1.29 is 4.74 Å². The molecule has 3 heteroatoms. The van der Waals surface area contributed by atoms with Gasteiger partial charge < -0.3 is 10.5 Å². The molecule has 2 N–H and O–H groups in total. The lowest BCUT2D eigenvalue weighted by Crippen LogP contribution is -2.18. The van der Waals surface area contributed by atoms with Crippen LogP contribution in [0.4, 0.5) is 0 Å². The molecule has 0 fully saturated rings. The Labute approximate surface area is 135 Å². The van der Waals surface area contributed by atoms with Crippen LogP contribution in [0.15, 0.2) is 40.9 Å². The third-order valence-electron chi connectivity index (χ3n) is 3.37. The third-order valence-corrected chi connectivity index (χ3v) is 3.90. The lowest BCUT2D eigenvalue weighted by atomic mass is 10.0. The van der Waals surface area contributed by atoms with Crippen molar-refractivity contribution in [1.82, 2.24) is 0 Å². The highest BCUT2D eigenvalue weighted by molar-refractivity contribution is 9.10. The van der Waals surface area contributed by atoms with Gasteiger partial charge in [0.2, 0.25) is 0 Å². The molecular weight excluding hydrogens is 326 g/mol. The van der Waals surface area contributed by atoms with E-state index in [9.17, 15) is 0 Å². The highest BCUT2D eigenvalue weighted by atomic mass is 79.9. The fourth-order valence-corrected chi connectivity index (χ4v) is 2.76. The van der Waals surface area contributed by atoms with Crippen LogP contribution in [0.3, 0.4) is 0 Å². The Morgan fingerprint density at radius 3 is 2.14 bits per heavy atom. The molecule has 1 unspecified atom stereocenters. The van der Waals surface area contributed by atoms with Gasteiger partial charge in [-0.15, -0.1) is 0 Å². The van der Waals surface area contributed by atoms with Crippen LogP contribution >= 0.6 is 15.9 Å². The molecule has 2 aromatic carbocycles. The van der Waals surface area contributed by atoms with Crippen molar-refractivity contribution in [1.29, 1.82) is 0 Å². The predicted molar refractivity (Wildman–Crippen MR) is 91.7 cm³/mol. The summed E-state index contributed by atoms with van der Waals surface area (Å²) in [7, 11) is 0. The smallest absolute Gasteiger partial charge is 0.125 e. The molecule has 112 valence electrons. The van der Waals surface area contributed by atoms with Crippen molar-refractivity contribution >= 4 is 15.9 Å². The summed E-state index contributed by atoms with van der Waals surface area (Å²) in [6, 6.07) is 12.7. The molecule has 0 radical (unpaired) electrons. The number of ether oxygens (including phenoxy) is 1. The first-order valence-corrected chi connectivity index (χ1v) is 7.98. The largest absolute Gasteiger partial charge is 0.488 e. The number of halogens is 1. The van der Waals surface area contributed by atoms with Gasteiger partial charge >= 0.3 is 0 Å². The van der Waals surface area contributed by atoms with Crippen LogP contribution in [0.1, 0.15) is 29.2 Å². The first kappa shape index (κ1) is 16.1. The molecule has 0 saturated heterocycles. The summed E-state index contributed by atoms with van der Waals surface area (Å²) < 4.78 is 7.09. The van der Waals surface area contributed by atoms with E-state index in [-0.39, 0.29) is 6.04 Å². The SMILES string of the molecule is Cc1cc(CC(C)N)cc(C)c1OCc1ccc(Br)cc1. The highest BCUT2D eigenvalue weighted by Crippen LogP contribution is 2.26. The molecule has 1 atom stereocenters. The van der Waals surface area contributed by atoms with Crippen molar-refractivity contribution in [2.75, 3.05) is 0 Å². The van der Waals surface area contributed by atoms with Gasteiger partial charge in [-0.2, -0.15) is 0 Å². The van der Waals surface area contributed by atoms with Gasteiger partial charge in [-0.05, 0) is 61.6 Å². The van der Waals surface area contributed by atoms with Gasteiger partial charge in [-0.25, -0.2) is 0 Å². The summed E-state index contributed by atoms with van der Waals surface area (Å²) in [6.07, 6.45) is 0.897. The quantitative estimate of drug-likeness (QED) is 0.861. The molecule has 0 aromatic heterocycles. The lowest BCUT2D eigenvalue weighted by Gasteiger charge is -2.15. The van der Waals surface area contributed by atoms with E-state index in [4.69, 9.17) is 10.5 Å². The Morgan fingerprint density at radius 1 is 1.05 bits per heavy atom. The van der Waals surface area contributed by atoms with Gasteiger partial charge in [0.05, 0.1) is 0 Å². The number of aryl methyl sites for hydroxylation is 2. The zero-order valence-corrected chi connectivity index (χ0v) is 14.4. The lowest BCUT2D eigenvalue weighted by molar-refractivity contribution is 0.302. The molecule has 2 rings (SSSR count). The zero-order chi connectivity index (χ0) is 15.4. The minimum atomic E-state index is 0.179. The van der Waals surface area contributed by atoms with E-state index >= 15 is 0 Å². The molecule has 2 nitrogen and oxygen atoms in total. The molecule has 0 aliphatic carbocycles. The molecule has 2 aromatic rings. The molecule has 0 spiro atoms. The van der Waals surface area contributed by atoms with Crippen LogP contribution in [0.25, 0.3) is 0 Å². The second-order valence-electron chi connectivity index (χ2n) is 5.66. The standard InChI is InChI=1S/C18H22BrNO/c1-12-8-16(10-14(3)20)9-13(2)18(12)21-11-15-4-6-17(19)7-5-15/h4-9,14H,10-11,20H2,1-3H3. The van der Waals surface area contributed by atoms with Gasteiger partial charge in [0.1, 0.15) is 12.4 Å². The van der Waals surface area contributed by atoms with Crippen LogP contribution in [-0.2, 0) is 13.0 Å². The fraction of sp³-hybridized carbons (Fsp3) is 0.333. The van der Waals surface area contributed by atoms with E-state index in [1.807, 2.05) is 19.1 Å². The fourth-order valence-electron chi connectivity index (χ4n) is 2.49. The van der Waals surface area contributed by atoms with Crippen LogP contribution in [0.2, 0.25) is 0 Å². The summed E-state index contributed by atoms with van der Waals surface area (Å²) in [6.45, 7) is 6.80. The maximum atomic E-state index is 6.01. The van der Waals surface area contributed by atoms with E-state index in [0.717, 1.165) is 22.2 Å². The van der Waals surface area contributed by atoms with E-state index in [1.54, 1.807) is 0 Å². The van der Waals surface area contributed by atoms with Crippen molar-refractivity contribution in [2.45, 2.75) is 39.8 Å². The number of hydrogen-bond acceptors (Lipinski definition) is 2. The van der Waals surface area contributed by atoms with Crippen molar-refractivity contribution in [3.63, 3.8) is 0 Å². The minimum Gasteiger partial charge on any atom is -0.488 e. The number of nitrogens with two attached hydrogens (primary N) is 1. The average molecular weight is 348 g/mol. The number of rotatable bonds is 5. The monoisotopic (exact) mass is 347 g/mol. The molecule has 0 aliphatic rings. The van der Waals surface area contributed by atoms with Gasteiger partial charge in [0.25, 0.3) is 0 Å². The molecule has 21 heavy (non-hydrogen) atoms. The Morgan fingerprint density at radius 2 is 1.62 bits per heavy atom. The normalized spacial score (nSPS) is 12.2. The van der Waals surface area contributed by atoms with Crippen LogP contribution in [-0.4, -0.2) is 6.04 Å². The average Bonchev–Trinajstić information content (AvgIpc) is 2.39. The summed E-state index contributed by atoms with van der Waals surface area (Å²) in [4.78, 5) is 0. The zero-order valence-electron chi connectivity index (χ0n) is 12.8. The van der Waals surface area contributed by atoms with E-state index in [2.05, 4.69) is 54.0 Å². The molecule has 0 bridgehead atoms. The van der Waals surface area contributed by atoms with E-state index < -0.39 is 0 Å². The second kappa shape index (κ2) is 7.10. The Kier molecular flexibility index (Phi) is 5.43. The Bertz CT molecular complexity index is 582. The van der Waals surface area contributed by atoms with E-state index in [0.29, 0.717) is 6.61 Å². The first-order valence-electron chi connectivity index (χ1n) is 7.18. The minimum absolute atomic E-state index is 0.179. The number of benzene rings is 2.